The van der Waals surface area contributed by atoms with Gasteiger partial charge in [-0.15, -0.1) is 0 Å². The molecule has 3 aromatic carbocycles. The zero-order chi connectivity index (χ0) is 21.4. The molecule has 9 nitrogen and oxygen atoms in total. The minimum absolute atomic E-state index is 0.0526. The summed E-state index contributed by atoms with van der Waals surface area (Å²) in [4.78, 5) is 14.8. The van der Waals surface area contributed by atoms with E-state index in [2.05, 4.69) is 0 Å². The van der Waals surface area contributed by atoms with Crippen molar-refractivity contribution in [1.29, 1.82) is 0 Å². The summed E-state index contributed by atoms with van der Waals surface area (Å²) in [6.45, 7) is -0.531. The van der Waals surface area contributed by atoms with Gasteiger partial charge in [-0.25, -0.2) is 0 Å². The summed E-state index contributed by atoms with van der Waals surface area (Å²) in [6.07, 6.45) is -7.14. The first-order chi connectivity index (χ1) is 15.0. The predicted octanol–water partition coefficient (Wildman–Crippen LogP) is 0.482. The molecule has 6 rings (SSSR count). The first kappa shape index (κ1) is 18.8. The summed E-state index contributed by atoms with van der Waals surface area (Å²) in [5.74, 6) is 0.548. The largest absolute Gasteiger partial charge is 0.454 e. The van der Waals surface area contributed by atoms with E-state index in [4.69, 9.17) is 14.2 Å². The second-order valence-electron chi connectivity index (χ2n) is 7.92. The quantitative estimate of drug-likeness (QED) is 0.437. The van der Waals surface area contributed by atoms with Gasteiger partial charge in [0.25, 0.3) is 5.91 Å². The molecule has 1 saturated heterocycles. The van der Waals surface area contributed by atoms with Crippen molar-refractivity contribution in [2.75, 3.05) is 18.3 Å². The molecule has 3 aliphatic rings. The summed E-state index contributed by atoms with van der Waals surface area (Å²) in [7, 11) is 0. The molecule has 160 valence electrons. The number of carbonyl (C=O) groups is 1. The molecule has 4 N–H and O–H groups in total. The molecule has 31 heavy (non-hydrogen) atoms. The maximum atomic E-state index is 13.5. The highest BCUT2D eigenvalue weighted by atomic mass is 16.7. The monoisotopic (exact) mass is 425 g/mol. The molecule has 3 heterocycles. The van der Waals surface area contributed by atoms with Crippen molar-refractivity contribution < 1.29 is 39.4 Å². The van der Waals surface area contributed by atoms with Crippen molar-refractivity contribution in [3.63, 3.8) is 0 Å². The van der Waals surface area contributed by atoms with Crippen LogP contribution in [0.5, 0.6) is 11.5 Å². The third-order valence-corrected chi connectivity index (χ3v) is 6.27. The molecule has 0 unspecified atom stereocenters. The van der Waals surface area contributed by atoms with E-state index in [0.717, 1.165) is 16.2 Å². The van der Waals surface area contributed by atoms with Crippen molar-refractivity contribution in [3.8, 4) is 11.5 Å². The average Bonchev–Trinajstić information content (AvgIpc) is 3.36. The number of nitrogens with zero attached hydrogens (tertiary/aromatic N) is 1. The number of hydrogen-bond donors (Lipinski definition) is 4. The molecule has 0 bridgehead atoms. The predicted molar refractivity (Wildman–Crippen MR) is 108 cm³/mol. The van der Waals surface area contributed by atoms with Gasteiger partial charge in [0.05, 0.1) is 17.9 Å². The Morgan fingerprint density at radius 3 is 2.61 bits per heavy atom. The van der Waals surface area contributed by atoms with Gasteiger partial charge in [0.2, 0.25) is 6.79 Å². The van der Waals surface area contributed by atoms with Crippen LogP contribution in [0.4, 0.5) is 5.69 Å². The van der Waals surface area contributed by atoms with Gasteiger partial charge < -0.3 is 34.6 Å². The number of ether oxygens (including phenoxy) is 3. The van der Waals surface area contributed by atoms with E-state index in [-0.39, 0.29) is 6.79 Å². The number of rotatable bonds is 2. The Morgan fingerprint density at radius 1 is 1.00 bits per heavy atom. The second kappa shape index (κ2) is 6.52. The second-order valence-corrected chi connectivity index (χ2v) is 7.92. The maximum Gasteiger partial charge on any atom is 0.261 e. The van der Waals surface area contributed by atoms with Crippen LogP contribution in [0.15, 0.2) is 36.4 Å². The van der Waals surface area contributed by atoms with Crippen molar-refractivity contribution in [3.05, 3.63) is 42.0 Å². The van der Waals surface area contributed by atoms with Gasteiger partial charge >= 0.3 is 0 Å². The van der Waals surface area contributed by atoms with Crippen LogP contribution >= 0.6 is 0 Å². The Bertz CT molecular complexity index is 1240. The minimum atomic E-state index is -1.60. The molecule has 0 saturated carbocycles. The fourth-order valence-electron chi connectivity index (χ4n) is 4.78. The van der Waals surface area contributed by atoms with E-state index in [1.54, 1.807) is 6.07 Å². The number of anilines is 1. The molecule has 1 amide bonds. The number of aliphatic hydroxyl groups excluding tert-OH is 4. The summed E-state index contributed by atoms with van der Waals surface area (Å²) in [6, 6.07) is 11.0. The van der Waals surface area contributed by atoms with Crippen LogP contribution in [0.1, 0.15) is 10.4 Å². The molecule has 3 aromatic rings. The molecular formula is C22H19NO8. The van der Waals surface area contributed by atoms with Crippen LogP contribution in [-0.2, 0) is 4.74 Å². The van der Waals surface area contributed by atoms with Crippen LogP contribution in [0.3, 0.4) is 0 Å². The van der Waals surface area contributed by atoms with Crippen LogP contribution in [0.25, 0.3) is 21.5 Å². The first-order valence-electron chi connectivity index (χ1n) is 9.93. The van der Waals surface area contributed by atoms with Crippen LogP contribution in [0.2, 0.25) is 0 Å². The van der Waals surface area contributed by atoms with E-state index in [0.29, 0.717) is 28.1 Å². The molecule has 5 atom stereocenters. The number of hydrogen-bond acceptors (Lipinski definition) is 8. The molecule has 0 aliphatic carbocycles. The van der Waals surface area contributed by atoms with E-state index >= 15 is 0 Å². The van der Waals surface area contributed by atoms with Gasteiger partial charge in [-0.2, -0.15) is 0 Å². The Kier molecular flexibility index (Phi) is 3.95. The lowest BCUT2D eigenvalue weighted by molar-refractivity contribution is -0.226. The van der Waals surface area contributed by atoms with Gasteiger partial charge in [0.1, 0.15) is 24.4 Å². The molecule has 1 fully saturated rings. The Hall–Kier alpha value is -2.95. The third kappa shape index (κ3) is 2.40. The summed E-state index contributed by atoms with van der Waals surface area (Å²) in [5, 5.41) is 43.7. The highest BCUT2D eigenvalue weighted by molar-refractivity contribution is 6.31. The lowest BCUT2D eigenvalue weighted by Gasteiger charge is -2.43. The van der Waals surface area contributed by atoms with Crippen LogP contribution in [-0.4, -0.2) is 70.4 Å². The average molecular weight is 425 g/mol. The van der Waals surface area contributed by atoms with Gasteiger partial charge in [-0.3, -0.25) is 9.69 Å². The van der Waals surface area contributed by atoms with Gasteiger partial charge in [-0.05, 0) is 22.9 Å². The van der Waals surface area contributed by atoms with Crippen LogP contribution in [0, 0.1) is 0 Å². The first-order valence-corrected chi connectivity index (χ1v) is 9.93. The van der Waals surface area contributed by atoms with Gasteiger partial charge in [0.15, 0.2) is 17.7 Å². The number of aliphatic hydroxyl groups is 4. The number of fused-ring (bicyclic) bond motifs is 4. The Balaban J connectivity index is 1.61. The molecule has 0 aromatic heterocycles. The van der Waals surface area contributed by atoms with Gasteiger partial charge in [-0.1, -0.05) is 24.3 Å². The van der Waals surface area contributed by atoms with Gasteiger partial charge in [0, 0.05) is 10.8 Å². The zero-order valence-electron chi connectivity index (χ0n) is 16.1. The van der Waals surface area contributed by atoms with Crippen molar-refractivity contribution >= 4 is 33.1 Å². The maximum absolute atomic E-state index is 13.5. The summed E-state index contributed by atoms with van der Waals surface area (Å²) >= 11 is 0. The Labute approximate surface area is 175 Å². The van der Waals surface area contributed by atoms with E-state index < -0.39 is 43.2 Å². The number of amides is 1. The third-order valence-electron chi connectivity index (χ3n) is 6.27. The normalized spacial score (nSPS) is 29.4. The molecule has 9 heteroatoms. The SMILES string of the molecule is O=C1c2cc3c(c4c2c(cc2ccccc24)N1[C@@H]1O[C@H](CO)[C@@H](O)[C@H](O)[C@H]1O)OCO3. The number of benzene rings is 3. The highest BCUT2D eigenvalue weighted by Crippen LogP contribution is 2.51. The summed E-state index contributed by atoms with van der Waals surface area (Å²) < 4.78 is 17.0. The Morgan fingerprint density at radius 2 is 1.81 bits per heavy atom. The lowest BCUT2D eigenvalue weighted by atomic mass is 9.96. The van der Waals surface area contributed by atoms with Crippen molar-refractivity contribution in [2.45, 2.75) is 30.6 Å². The lowest BCUT2D eigenvalue weighted by Crippen LogP contribution is -2.63. The van der Waals surface area contributed by atoms with Crippen LogP contribution < -0.4 is 14.4 Å². The molecule has 3 aliphatic heterocycles. The number of carbonyl (C=O) groups excluding carboxylic acids is 1. The summed E-state index contributed by atoms with van der Waals surface area (Å²) in [5.41, 5.74) is 0.841. The molecule has 0 radical (unpaired) electrons. The highest BCUT2D eigenvalue weighted by Gasteiger charge is 2.50. The fraction of sp³-hybridized carbons (Fsp3) is 0.318. The van der Waals surface area contributed by atoms with E-state index in [1.165, 1.54) is 4.90 Å². The van der Waals surface area contributed by atoms with E-state index in [9.17, 15) is 25.2 Å². The topological polar surface area (TPSA) is 129 Å². The minimum Gasteiger partial charge on any atom is -0.454 e. The zero-order valence-corrected chi connectivity index (χ0v) is 16.1. The van der Waals surface area contributed by atoms with Crippen molar-refractivity contribution in [2.24, 2.45) is 0 Å². The standard InChI is InChI=1S/C22H19NO8/c24-7-14-17(25)18(26)19(27)22(31-14)23-12-5-9-3-1-2-4-10(9)16-15(12)11(21(23)28)6-13-20(16)30-8-29-13/h1-6,14,17-19,22,24-27H,7-8H2/t14-,17-,18+,19-,22-/m1/s1. The fourth-order valence-corrected chi connectivity index (χ4v) is 4.78. The molecule has 0 spiro atoms. The molecular weight excluding hydrogens is 406 g/mol. The smallest absolute Gasteiger partial charge is 0.261 e. The van der Waals surface area contributed by atoms with Crippen molar-refractivity contribution in [1.82, 2.24) is 0 Å². The van der Waals surface area contributed by atoms with E-state index in [1.807, 2.05) is 30.3 Å².